The minimum absolute atomic E-state index is 0.0483. The fraction of sp³-hybridized carbons (Fsp3) is 0.583. The Balaban J connectivity index is 0.975. The Bertz CT molecular complexity index is 1390. The quantitative estimate of drug-likeness (QED) is 0.384. The Morgan fingerprint density at radius 1 is 1.28 bits per heavy atom. The van der Waals surface area contributed by atoms with Crippen LogP contribution in [0, 0.1) is 11.8 Å². The zero-order chi connectivity index (χ0) is 26.9. The number of carbonyl (C=O) groups excluding carboxylic acids is 1. The first-order valence-electron chi connectivity index (χ1n) is 12.8. The summed E-state index contributed by atoms with van der Waals surface area (Å²) in [6.07, 6.45) is -2.27. The molecule has 2 bridgehead atoms. The van der Waals surface area contributed by atoms with E-state index in [-0.39, 0.29) is 25.2 Å². The van der Waals surface area contributed by atoms with Gasteiger partial charge in [-0.1, -0.05) is 0 Å². The smallest absolute Gasteiger partial charge is 0.408 e. The number of hydrogen-bond donors (Lipinski definition) is 3. The minimum atomic E-state index is -4.18. The fourth-order valence-corrected chi connectivity index (χ4v) is 5.89. The van der Waals surface area contributed by atoms with Gasteiger partial charge in [0.1, 0.15) is 11.8 Å². The van der Waals surface area contributed by atoms with Crippen molar-refractivity contribution in [1.29, 1.82) is 0 Å². The van der Waals surface area contributed by atoms with Gasteiger partial charge in [0.25, 0.3) is 0 Å². The predicted octanol–water partition coefficient (Wildman–Crippen LogP) is 3.25. The molecule has 3 aliphatic carbocycles. The maximum absolute atomic E-state index is 15.1. The second-order valence-electron chi connectivity index (χ2n) is 11.0. The lowest BCUT2D eigenvalue weighted by atomic mass is 9.50. The number of alkyl halides is 4. The number of aromatic nitrogens is 5. The van der Waals surface area contributed by atoms with Gasteiger partial charge in [0.05, 0.1) is 23.9 Å². The molecule has 3 aromatic rings. The van der Waals surface area contributed by atoms with E-state index in [1.165, 1.54) is 0 Å². The van der Waals surface area contributed by atoms with Crippen molar-refractivity contribution in [3.05, 3.63) is 35.9 Å². The van der Waals surface area contributed by atoms with Gasteiger partial charge in [0.2, 0.25) is 5.95 Å². The number of nitrogens with zero attached hydrogens (tertiary/aromatic N) is 5. The summed E-state index contributed by atoms with van der Waals surface area (Å²) in [5.74, 6) is 0.112. The molecule has 2 aliphatic heterocycles. The van der Waals surface area contributed by atoms with Crippen LogP contribution in [0.5, 0.6) is 0 Å². The van der Waals surface area contributed by atoms with E-state index in [0.29, 0.717) is 41.3 Å². The number of halogens is 4. The van der Waals surface area contributed by atoms with E-state index in [4.69, 9.17) is 9.47 Å². The average molecular weight is 551 g/mol. The van der Waals surface area contributed by atoms with Crippen LogP contribution in [-0.2, 0) is 16.0 Å². The zero-order valence-corrected chi connectivity index (χ0v) is 20.6. The molecule has 3 atom stereocenters. The topological polar surface area (TPSA) is 122 Å². The van der Waals surface area contributed by atoms with Crippen molar-refractivity contribution in [1.82, 2.24) is 34.8 Å². The van der Waals surface area contributed by atoms with E-state index in [2.05, 4.69) is 30.8 Å². The van der Waals surface area contributed by atoms with Crippen molar-refractivity contribution in [3.8, 4) is 0 Å². The highest BCUT2D eigenvalue weighted by molar-refractivity contribution is 5.69. The first kappa shape index (κ1) is 24.6. The molecule has 5 fully saturated rings. The van der Waals surface area contributed by atoms with Gasteiger partial charge >= 0.3 is 12.3 Å². The van der Waals surface area contributed by atoms with Crippen molar-refractivity contribution >= 4 is 23.5 Å². The highest BCUT2D eigenvalue weighted by Gasteiger charge is 2.58. The standard InChI is InChI=1S/C24H26F4N8O3/c25-19-16(39-22(37)32-23-4-12(5-23)6-23)11-38-20(19)15-3-17(34-33-15)31-21-29-2-1-18-30-14(10-36(18)21)9-35-7-13(8-35)24(26,27)28/h1-3,10,12-13,16,19-20H,4-9,11H2,(H,32,37)(H2,29,31,33,34)/t12?,16-,19-,20-,23?/m0/s1. The van der Waals surface area contributed by atoms with E-state index in [1.54, 1.807) is 33.8 Å². The molecule has 1 amide bonds. The van der Waals surface area contributed by atoms with Crippen molar-refractivity contribution < 1.29 is 31.8 Å². The summed E-state index contributed by atoms with van der Waals surface area (Å²) in [6.45, 7) is 0.122. The Hall–Kier alpha value is -3.46. The molecule has 39 heavy (non-hydrogen) atoms. The summed E-state index contributed by atoms with van der Waals surface area (Å²) in [5, 5.41) is 12.8. The van der Waals surface area contributed by atoms with E-state index < -0.39 is 36.6 Å². The summed E-state index contributed by atoms with van der Waals surface area (Å²) in [7, 11) is 0. The normalized spacial score (nSPS) is 30.5. The van der Waals surface area contributed by atoms with Gasteiger partial charge in [0, 0.05) is 43.6 Å². The lowest BCUT2D eigenvalue weighted by molar-refractivity contribution is -0.210. The van der Waals surface area contributed by atoms with Crippen LogP contribution in [0.4, 0.5) is 34.1 Å². The van der Waals surface area contributed by atoms with Crippen molar-refractivity contribution in [2.24, 2.45) is 11.8 Å². The Morgan fingerprint density at radius 2 is 2.08 bits per heavy atom. The molecule has 5 heterocycles. The van der Waals surface area contributed by atoms with Gasteiger partial charge in [-0.2, -0.15) is 18.3 Å². The lowest BCUT2D eigenvalue weighted by Gasteiger charge is -2.61. The molecular weight excluding hydrogens is 524 g/mol. The monoisotopic (exact) mass is 550 g/mol. The van der Waals surface area contributed by atoms with Crippen LogP contribution in [-0.4, -0.2) is 79.2 Å². The van der Waals surface area contributed by atoms with Crippen LogP contribution >= 0.6 is 0 Å². The summed E-state index contributed by atoms with van der Waals surface area (Å²) in [5.41, 5.74) is 1.38. The molecule has 2 saturated heterocycles. The highest BCUT2D eigenvalue weighted by atomic mass is 19.4. The molecule has 15 heteroatoms. The molecule has 0 unspecified atom stereocenters. The van der Waals surface area contributed by atoms with E-state index in [1.807, 2.05) is 0 Å². The second kappa shape index (κ2) is 8.78. The molecule has 0 spiro atoms. The average Bonchev–Trinajstić information content (AvgIpc) is 3.51. The van der Waals surface area contributed by atoms with Crippen LogP contribution < -0.4 is 10.6 Å². The van der Waals surface area contributed by atoms with Gasteiger partial charge in [-0.15, -0.1) is 0 Å². The van der Waals surface area contributed by atoms with Crippen LogP contribution in [0.3, 0.4) is 0 Å². The number of rotatable bonds is 7. The largest absolute Gasteiger partial charge is 0.441 e. The number of fused-ring (bicyclic) bond motifs is 1. The zero-order valence-electron chi connectivity index (χ0n) is 20.6. The first-order chi connectivity index (χ1) is 18.6. The number of aromatic amines is 1. The van der Waals surface area contributed by atoms with Crippen molar-refractivity contribution in [2.75, 3.05) is 25.0 Å². The molecule has 8 rings (SSSR count). The number of amides is 1. The van der Waals surface area contributed by atoms with Gasteiger partial charge in [0.15, 0.2) is 18.1 Å². The Morgan fingerprint density at radius 3 is 2.79 bits per heavy atom. The molecular formula is C24H26F4N8O3. The fourth-order valence-electron chi connectivity index (χ4n) is 5.89. The number of carbonyl (C=O) groups is 1. The number of ether oxygens (including phenoxy) is 2. The second-order valence-corrected chi connectivity index (χ2v) is 11.0. The van der Waals surface area contributed by atoms with Crippen LogP contribution in [0.1, 0.15) is 36.8 Å². The lowest BCUT2D eigenvalue weighted by Crippen LogP contribution is -2.68. The maximum atomic E-state index is 15.1. The minimum Gasteiger partial charge on any atom is -0.441 e. The predicted molar refractivity (Wildman–Crippen MR) is 127 cm³/mol. The van der Waals surface area contributed by atoms with Gasteiger partial charge in [-0.05, 0) is 31.2 Å². The van der Waals surface area contributed by atoms with E-state index in [9.17, 15) is 18.0 Å². The van der Waals surface area contributed by atoms with Gasteiger partial charge in [-0.25, -0.2) is 19.2 Å². The summed E-state index contributed by atoms with van der Waals surface area (Å²) in [4.78, 5) is 22.7. The molecule has 0 aromatic carbocycles. The molecule has 0 radical (unpaired) electrons. The third kappa shape index (κ3) is 4.46. The Labute approximate surface area is 219 Å². The number of nitrogens with one attached hydrogen (secondary N) is 3. The van der Waals surface area contributed by atoms with Gasteiger partial charge < -0.3 is 20.1 Å². The number of alkyl carbamates (subject to hydrolysis) is 1. The SMILES string of the molecule is O=C(NC12CC(C1)C2)O[C@H]1CO[C@@H](c2cc(Nc3nccc4nc(CN5CC(C(F)(F)F)C5)cn34)n[nH]2)[C@H]1F. The molecule has 3 N–H and O–H groups in total. The molecule has 5 aliphatic rings. The van der Waals surface area contributed by atoms with E-state index in [0.717, 1.165) is 19.3 Å². The van der Waals surface area contributed by atoms with Crippen molar-refractivity contribution in [2.45, 2.75) is 55.9 Å². The number of hydrogen-bond acceptors (Lipinski definition) is 8. The third-order valence-corrected chi connectivity index (χ3v) is 8.13. The maximum Gasteiger partial charge on any atom is 0.408 e. The summed E-state index contributed by atoms with van der Waals surface area (Å²) >= 11 is 0. The number of anilines is 2. The highest BCUT2D eigenvalue weighted by Crippen LogP contribution is 2.57. The number of likely N-dealkylation sites (tertiary alicyclic amines) is 1. The van der Waals surface area contributed by atoms with Gasteiger partial charge in [-0.3, -0.25) is 14.4 Å². The van der Waals surface area contributed by atoms with E-state index >= 15 is 4.39 Å². The molecule has 3 aromatic heterocycles. The Kier molecular flexibility index (Phi) is 5.53. The summed E-state index contributed by atoms with van der Waals surface area (Å²) in [6, 6.07) is 3.26. The van der Waals surface area contributed by atoms with Crippen molar-refractivity contribution in [3.63, 3.8) is 0 Å². The van der Waals surface area contributed by atoms with Crippen LogP contribution in [0.25, 0.3) is 5.65 Å². The number of H-pyrrole nitrogens is 1. The third-order valence-electron chi connectivity index (χ3n) is 8.13. The summed E-state index contributed by atoms with van der Waals surface area (Å²) < 4.78 is 66.0. The molecule has 11 nitrogen and oxygen atoms in total. The first-order valence-corrected chi connectivity index (χ1v) is 12.8. The molecule has 208 valence electrons. The van der Waals surface area contributed by atoms with Crippen LogP contribution in [0.2, 0.25) is 0 Å². The van der Waals surface area contributed by atoms with Crippen LogP contribution in [0.15, 0.2) is 24.5 Å². The number of imidazole rings is 1. The molecule has 3 saturated carbocycles.